The van der Waals surface area contributed by atoms with Crippen molar-refractivity contribution in [2.24, 2.45) is 0 Å². The van der Waals surface area contributed by atoms with Gasteiger partial charge in [-0.15, -0.1) is 10.2 Å². The number of alkyl halides is 3. The maximum atomic E-state index is 13.2. The Bertz CT molecular complexity index is 1330. The summed E-state index contributed by atoms with van der Waals surface area (Å²) in [6.45, 7) is 0.766. The predicted octanol–water partition coefficient (Wildman–Crippen LogP) is 3.21. The van der Waals surface area contributed by atoms with Crippen LogP contribution in [-0.2, 0) is 16.2 Å². The van der Waals surface area contributed by atoms with Crippen LogP contribution in [0.3, 0.4) is 0 Å². The van der Waals surface area contributed by atoms with E-state index in [2.05, 4.69) is 14.9 Å². The number of aromatic nitrogens is 3. The van der Waals surface area contributed by atoms with Gasteiger partial charge in [-0.3, -0.25) is 9.20 Å². The number of amides is 1. The number of pyridine rings is 1. The van der Waals surface area contributed by atoms with Gasteiger partial charge in [-0.25, -0.2) is 13.1 Å². The van der Waals surface area contributed by atoms with Gasteiger partial charge in [0, 0.05) is 36.8 Å². The Labute approximate surface area is 193 Å². The highest BCUT2D eigenvalue weighted by atomic mass is 32.2. The molecule has 180 valence electrons. The van der Waals surface area contributed by atoms with Gasteiger partial charge in [0.15, 0.2) is 5.65 Å². The first-order chi connectivity index (χ1) is 16.1. The Balaban J connectivity index is 1.34. The van der Waals surface area contributed by atoms with Crippen molar-refractivity contribution in [3.05, 3.63) is 59.5 Å². The number of hydrogen-bond acceptors (Lipinski definition) is 5. The van der Waals surface area contributed by atoms with Crippen LogP contribution in [0.1, 0.15) is 53.3 Å². The number of carbonyl (C=O) groups excluding carboxylic acids is 1. The Kier molecular flexibility index (Phi) is 5.59. The van der Waals surface area contributed by atoms with Crippen molar-refractivity contribution in [1.29, 1.82) is 0 Å². The molecule has 12 heteroatoms. The van der Waals surface area contributed by atoms with Crippen molar-refractivity contribution in [3.63, 3.8) is 0 Å². The fraction of sp³-hybridized carbons (Fsp3) is 0.409. The summed E-state index contributed by atoms with van der Waals surface area (Å²) in [4.78, 5) is 14.8. The molecule has 3 heterocycles. The average molecular weight is 494 g/mol. The Morgan fingerprint density at radius 2 is 1.76 bits per heavy atom. The van der Waals surface area contributed by atoms with Crippen LogP contribution in [0.15, 0.2) is 47.5 Å². The molecule has 2 aromatic heterocycles. The molecule has 1 saturated carbocycles. The highest BCUT2D eigenvalue weighted by Crippen LogP contribution is 2.32. The van der Waals surface area contributed by atoms with E-state index in [1.807, 2.05) is 0 Å². The number of nitrogens with one attached hydrogen (secondary N) is 1. The van der Waals surface area contributed by atoms with Crippen LogP contribution >= 0.6 is 0 Å². The minimum atomic E-state index is -4.49. The highest BCUT2D eigenvalue weighted by molar-refractivity contribution is 7.89. The Morgan fingerprint density at radius 3 is 2.44 bits per heavy atom. The maximum absolute atomic E-state index is 13.2. The van der Waals surface area contributed by atoms with Gasteiger partial charge in [0.05, 0.1) is 10.5 Å². The molecule has 1 aliphatic heterocycles. The molecule has 1 amide bonds. The third-order valence-corrected chi connectivity index (χ3v) is 7.68. The summed E-state index contributed by atoms with van der Waals surface area (Å²) >= 11 is 0. The molecule has 2 aliphatic rings. The quantitative estimate of drug-likeness (QED) is 0.589. The number of hydrogen-bond donors (Lipinski definition) is 1. The fourth-order valence-corrected chi connectivity index (χ4v) is 5.48. The van der Waals surface area contributed by atoms with Gasteiger partial charge in [-0.1, -0.05) is 0 Å². The van der Waals surface area contributed by atoms with Crippen LogP contribution in [-0.4, -0.2) is 53.0 Å². The van der Waals surface area contributed by atoms with E-state index >= 15 is 0 Å². The molecular formula is C22H22F3N5O3S. The molecule has 34 heavy (non-hydrogen) atoms. The number of likely N-dealkylation sites (tertiary alicyclic amines) is 1. The van der Waals surface area contributed by atoms with Crippen LogP contribution in [0.2, 0.25) is 0 Å². The van der Waals surface area contributed by atoms with Gasteiger partial charge < -0.3 is 4.90 Å². The second kappa shape index (κ2) is 8.35. The third-order valence-electron chi connectivity index (χ3n) is 6.14. The van der Waals surface area contributed by atoms with Gasteiger partial charge in [-0.2, -0.15) is 13.2 Å². The number of sulfonamides is 1. The SMILES string of the molecule is O=C(c1ccc(S(=O)(=O)NC2CC2)cc1)N1CCCC(c2nnc3ccc(C(F)(F)F)cn23)C1. The van der Waals surface area contributed by atoms with Crippen molar-refractivity contribution < 1.29 is 26.4 Å². The smallest absolute Gasteiger partial charge is 0.338 e. The molecular weight excluding hydrogens is 471 g/mol. The van der Waals surface area contributed by atoms with Crippen molar-refractivity contribution in [2.75, 3.05) is 13.1 Å². The van der Waals surface area contributed by atoms with E-state index in [0.717, 1.165) is 25.1 Å². The van der Waals surface area contributed by atoms with E-state index in [1.165, 1.54) is 34.7 Å². The van der Waals surface area contributed by atoms with Crippen LogP contribution in [0.25, 0.3) is 5.65 Å². The first-order valence-corrected chi connectivity index (χ1v) is 12.4. The second-order valence-corrected chi connectivity index (χ2v) is 10.4. The molecule has 1 aliphatic carbocycles. The summed E-state index contributed by atoms with van der Waals surface area (Å²) in [5, 5.41) is 8.09. The monoisotopic (exact) mass is 493 g/mol. The summed E-state index contributed by atoms with van der Waals surface area (Å²) < 4.78 is 68.1. The summed E-state index contributed by atoms with van der Waals surface area (Å²) in [6.07, 6.45) is -0.541. The number of halogens is 3. The molecule has 8 nitrogen and oxygen atoms in total. The number of carbonyl (C=O) groups is 1. The van der Waals surface area contributed by atoms with E-state index < -0.39 is 21.8 Å². The van der Waals surface area contributed by atoms with Gasteiger partial charge in [0.2, 0.25) is 10.0 Å². The predicted molar refractivity (Wildman–Crippen MR) is 116 cm³/mol. The zero-order valence-corrected chi connectivity index (χ0v) is 18.8. The number of rotatable bonds is 5. The highest BCUT2D eigenvalue weighted by Gasteiger charge is 2.33. The third kappa shape index (κ3) is 4.51. The van der Waals surface area contributed by atoms with E-state index in [1.54, 1.807) is 4.90 Å². The zero-order valence-electron chi connectivity index (χ0n) is 18.0. The minimum Gasteiger partial charge on any atom is -0.338 e. The van der Waals surface area contributed by atoms with Gasteiger partial charge in [0.25, 0.3) is 5.91 Å². The first-order valence-electron chi connectivity index (χ1n) is 11.0. The van der Waals surface area contributed by atoms with Gasteiger partial charge in [0.1, 0.15) is 5.82 Å². The lowest BCUT2D eigenvalue weighted by Crippen LogP contribution is -2.39. The van der Waals surface area contributed by atoms with E-state index in [9.17, 15) is 26.4 Å². The maximum Gasteiger partial charge on any atom is 0.417 e. The lowest BCUT2D eigenvalue weighted by atomic mass is 9.96. The van der Waals surface area contributed by atoms with E-state index in [-0.39, 0.29) is 29.3 Å². The molecule has 1 saturated heterocycles. The van der Waals surface area contributed by atoms with E-state index in [0.29, 0.717) is 36.4 Å². The average Bonchev–Trinajstić information content (AvgIpc) is 3.51. The largest absolute Gasteiger partial charge is 0.417 e. The lowest BCUT2D eigenvalue weighted by molar-refractivity contribution is -0.137. The van der Waals surface area contributed by atoms with E-state index in [4.69, 9.17) is 0 Å². The second-order valence-electron chi connectivity index (χ2n) is 8.71. The zero-order chi connectivity index (χ0) is 24.1. The molecule has 1 N–H and O–H groups in total. The normalized spacial score (nSPS) is 19.5. The Hall–Kier alpha value is -2.99. The minimum absolute atomic E-state index is 0.0166. The molecule has 2 fully saturated rings. The number of nitrogens with zero attached hydrogens (tertiary/aromatic N) is 4. The van der Waals surface area contributed by atoms with Crippen LogP contribution in [0, 0.1) is 0 Å². The standard InChI is InChI=1S/C22H22F3N5O3S/c23-22(24,25)16-5-10-19-26-27-20(30(19)13-16)15-2-1-11-29(12-15)21(31)14-3-8-18(9-4-14)34(32,33)28-17-6-7-17/h3-5,8-10,13,15,17,28H,1-2,6-7,11-12H2. The number of fused-ring (bicyclic) bond motifs is 1. The number of piperidine rings is 1. The summed E-state index contributed by atoms with van der Waals surface area (Å²) in [7, 11) is -3.61. The lowest BCUT2D eigenvalue weighted by Gasteiger charge is -2.32. The summed E-state index contributed by atoms with van der Waals surface area (Å²) in [5.41, 5.74) is -0.143. The molecule has 0 spiro atoms. The Morgan fingerprint density at radius 1 is 1.03 bits per heavy atom. The first kappa shape index (κ1) is 22.8. The summed E-state index contributed by atoms with van der Waals surface area (Å²) in [5.74, 6) is -0.168. The van der Waals surface area contributed by atoms with Crippen LogP contribution < -0.4 is 4.72 Å². The molecule has 3 aromatic rings. The van der Waals surface area contributed by atoms with Crippen molar-refractivity contribution >= 4 is 21.6 Å². The number of benzene rings is 1. The summed E-state index contributed by atoms with van der Waals surface area (Å²) in [6, 6.07) is 8.00. The molecule has 1 aromatic carbocycles. The molecule has 0 bridgehead atoms. The molecule has 1 unspecified atom stereocenters. The van der Waals surface area contributed by atoms with Crippen LogP contribution in [0.4, 0.5) is 13.2 Å². The van der Waals surface area contributed by atoms with Crippen molar-refractivity contribution in [2.45, 2.75) is 48.7 Å². The molecule has 5 rings (SSSR count). The fourth-order valence-electron chi connectivity index (χ4n) is 4.17. The van der Waals surface area contributed by atoms with Crippen LogP contribution in [0.5, 0.6) is 0 Å². The van der Waals surface area contributed by atoms with Crippen molar-refractivity contribution in [1.82, 2.24) is 24.2 Å². The van der Waals surface area contributed by atoms with Gasteiger partial charge in [-0.05, 0) is 62.1 Å². The molecule has 0 radical (unpaired) electrons. The topological polar surface area (TPSA) is 96.7 Å². The van der Waals surface area contributed by atoms with Crippen molar-refractivity contribution in [3.8, 4) is 0 Å². The molecule has 1 atom stereocenters. The van der Waals surface area contributed by atoms with Gasteiger partial charge >= 0.3 is 6.18 Å².